The zero-order chi connectivity index (χ0) is 14.8. The summed E-state index contributed by atoms with van der Waals surface area (Å²) in [6, 6.07) is 5.09. The average Bonchev–Trinajstić information content (AvgIpc) is 2.27. The lowest BCUT2D eigenvalue weighted by Gasteiger charge is -2.22. The minimum atomic E-state index is -1.58. The van der Waals surface area contributed by atoms with Crippen molar-refractivity contribution in [2.45, 2.75) is 38.6 Å². The van der Waals surface area contributed by atoms with E-state index in [2.05, 4.69) is 0 Å². The van der Waals surface area contributed by atoms with Gasteiger partial charge >= 0.3 is 11.9 Å². The maximum Gasteiger partial charge on any atom is 0.322 e. The second-order valence-corrected chi connectivity index (χ2v) is 5.48. The summed E-state index contributed by atoms with van der Waals surface area (Å²) in [5, 5.41) is 18.0. The van der Waals surface area contributed by atoms with E-state index >= 15 is 0 Å². The summed E-state index contributed by atoms with van der Waals surface area (Å²) in [5.41, 5.74) is 7.30. The molecule has 0 saturated carbocycles. The molecule has 1 rings (SSSR count). The molecule has 1 aromatic rings. The molecule has 0 heterocycles. The number of carbonyl (C=O) groups is 2. The first-order chi connectivity index (χ1) is 8.68. The highest BCUT2D eigenvalue weighted by atomic mass is 16.4. The van der Waals surface area contributed by atoms with Gasteiger partial charge in [0.1, 0.15) is 0 Å². The Hall–Kier alpha value is -1.88. The van der Waals surface area contributed by atoms with Gasteiger partial charge in [-0.15, -0.1) is 0 Å². The van der Waals surface area contributed by atoms with Gasteiger partial charge in [-0.05, 0) is 22.1 Å². The molecule has 1 aromatic carbocycles. The molecule has 0 amide bonds. The van der Waals surface area contributed by atoms with Crippen molar-refractivity contribution in [3.63, 3.8) is 0 Å². The highest BCUT2D eigenvalue weighted by Crippen LogP contribution is 2.28. The second kappa shape index (κ2) is 5.40. The smallest absolute Gasteiger partial charge is 0.322 e. The highest BCUT2D eigenvalue weighted by molar-refractivity contribution is 5.99. The minimum absolute atomic E-state index is 0.107. The number of benzene rings is 1. The van der Waals surface area contributed by atoms with Crippen LogP contribution in [0.1, 0.15) is 43.4 Å². The molecule has 0 unspecified atom stereocenters. The Kier molecular flexibility index (Phi) is 4.32. The Balaban J connectivity index is 3.37. The topological polar surface area (TPSA) is 101 Å². The fraction of sp³-hybridized carbons (Fsp3) is 0.429. The fourth-order valence-electron chi connectivity index (χ4n) is 1.90. The summed E-state index contributed by atoms with van der Waals surface area (Å²) in [6.45, 7) is 6.17. The van der Waals surface area contributed by atoms with Crippen LogP contribution in [0.15, 0.2) is 18.2 Å². The van der Waals surface area contributed by atoms with Crippen LogP contribution < -0.4 is 5.73 Å². The Morgan fingerprint density at radius 1 is 1.21 bits per heavy atom. The summed E-state index contributed by atoms with van der Waals surface area (Å²) in [5.74, 6) is -4.34. The lowest BCUT2D eigenvalue weighted by Crippen LogP contribution is -2.23. The molecule has 4 N–H and O–H groups in total. The number of hydrogen-bond acceptors (Lipinski definition) is 3. The van der Waals surface area contributed by atoms with Crippen LogP contribution in [-0.4, -0.2) is 22.2 Å². The molecule has 0 radical (unpaired) electrons. The van der Waals surface area contributed by atoms with E-state index in [9.17, 15) is 9.59 Å². The molecule has 19 heavy (non-hydrogen) atoms. The normalized spacial score (nSPS) is 11.6. The van der Waals surface area contributed by atoms with Crippen LogP contribution >= 0.6 is 0 Å². The third-order valence-corrected chi connectivity index (χ3v) is 3.03. The second-order valence-electron chi connectivity index (χ2n) is 5.48. The van der Waals surface area contributed by atoms with Crippen molar-refractivity contribution in [2.75, 3.05) is 0 Å². The van der Waals surface area contributed by atoms with Crippen molar-refractivity contribution < 1.29 is 19.8 Å². The van der Waals surface area contributed by atoms with Crippen LogP contribution in [0.3, 0.4) is 0 Å². The first-order valence-electron chi connectivity index (χ1n) is 5.97. The number of aliphatic carboxylic acids is 2. The largest absolute Gasteiger partial charge is 0.480 e. The van der Waals surface area contributed by atoms with Gasteiger partial charge in [-0.25, -0.2) is 0 Å². The van der Waals surface area contributed by atoms with Gasteiger partial charge in [0.05, 0.1) is 0 Å². The molecule has 0 aliphatic rings. The monoisotopic (exact) mass is 265 g/mol. The Morgan fingerprint density at radius 3 is 2.11 bits per heavy atom. The number of carboxylic acid groups (broad SMARTS) is 2. The van der Waals surface area contributed by atoms with E-state index in [4.69, 9.17) is 15.9 Å². The lowest BCUT2D eigenvalue weighted by atomic mass is 9.83. The Bertz CT molecular complexity index is 489. The van der Waals surface area contributed by atoms with Gasteiger partial charge < -0.3 is 15.9 Å². The summed E-state index contributed by atoms with van der Waals surface area (Å²) in [6.07, 6.45) is 0. The average molecular weight is 265 g/mol. The van der Waals surface area contributed by atoms with Crippen LogP contribution in [-0.2, 0) is 21.5 Å². The fourth-order valence-corrected chi connectivity index (χ4v) is 1.90. The Labute approximate surface area is 112 Å². The van der Waals surface area contributed by atoms with E-state index in [1.54, 1.807) is 18.2 Å². The van der Waals surface area contributed by atoms with Crippen molar-refractivity contribution in [1.82, 2.24) is 0 Å². The minimum Gasteiger partial charge on any atom is -0.480 e. The molecule has 0 aliphatic heterocycles. The predicted molar refractivity (Wildman–Crippen MR) is 71.0 cm³/mol. The van der Waals surface area contributed by atoms with E-state index in [0.29, 0.717) is 5.56 Å². The van der Waals surface area contributed by atoms with Crippen LogP contribution in [0.25, 0.3) is 0 Å². The highest BCUT2D eigenvalue weighted by Gasteiger charge is 2.30. The Morgan fingerprint density at radius 2 is 1.74 bits per heavy atom. The standard InChI is InChI=1S/C14H19NO4/c1-14(2,3)9-4-5-10(8(6-9)7-15)11(12(16)17)13(18)19/h4-6,11H,7,15H2,1-3H3,(H,16,17)(H,18,19). The number of hydrogen-bond donors (Lipinski definition) is 3. The predicted octanol–water partition coefficient (Wildman–Crippen LogP) is 1.70. The summed E-state index contributed by atoms with van der Waals surface area (Å²) < 4.78 is 0. The molecule has 0 aromatic heterocycles. The first-order valence-corrected chi connectivity index (χ1v) is 5.97. The summed E-state index contributed by atoms with van der Waals surface area (Å²) >= 11 is 0. The van der Waals surface area contributed by atoms with E-state index in [1.807, 2.05) is 20.8 Å². The van der Waals surface area contributed by atoms with E-state index in [1.165, 1.54) is 0 Å². The van der Waals surface area contributed by atoms with E-state index < -0.39 is 17.9 Å². The zero-order valence-corrected chi connectivity index (χ0v) is 11.3. The van der Waals surface area contributed by atoms with Gasteiger partial charge in [0.15, 0.2) is 5.92 Å². The molecule has 0 spiro atoms. The van der Waals surface area contributed by atoms with Crippen molar-refractivity contribution in [2.24, 2.45) is 5.73 Å². The van der Waals surface area contributed by atoms with Gasteiger partial charge in [0.2, 0.25) is 0 Å². The third-order valence-electron chi connectivity index (χ3n) is 3.03. The SMILES string of the molecule is CC(C)(C)c1ccc(C(C(=O)O)C(=O)O)c(CN)c1. The molecule has 0 bridgehead atoms. The van der Waals surface area contributed by atoms with Gasteiger partial charge in [0.25, 0.3) is 0 Å². The van der Waals surface area contributed by atoms with E-state index in [0.717, 1.165) is 5.56 Å². The van der Waals surface area contributed by atoms with Gasteiger partial charge in [-0.1, -0.05) is 39.0 Å². The van der Waals surface area contributed by atoms with Crippen molar-refractivity contribution in [3.8, 4) is 0 Å². The zero-order valence-electron chi connectivity index (χ0n) is 11.3. The van der Waals surface area contributed by atoms with Crippen molar-refractivity contribution in [1.29, 1.82) is 0 Å². The molecule has 0 fully saturated rings. The first kappa shape index (κ1) is 15.2. The molecule has 5 heteroatoms. The maximum absolute atomic E-state index is 11.1. The van der Waals surface area contributed by atoms with Crippen LogP contribution in [0.2, 0.25) is 0 Å². The van der Waals surface area contributed by atoms with Gasteiger partial charge in [-0.2, -0.15) is 0 Å². The number of nitrogens with two attached hydrogens (primary N) is 1. The van der Waals surface area contributed by atoms with Crippen LogP contribution in [0.4, 0.5) is 0 Å². The molecule has 0 aliphatic carbocycles. The molecular formula is C14H19NO4. The summed E-state index contributed by atoms with van der Waals surface area (Å²) in [7, 11) is 0. The number of carboxylic acids is 2. The van der Waals surface area contributed by atoms with Crippen molar-refractivity contribution in [3.05, 3.63) is 34.9 Å². The molecular weight excluding hydrogens is 246 g/mol. The summed E-state index contributed by atoms with van der Waals surface area (Å²) in [4.78, 5) is 22.1. The van der Waals surface area contributed by atoms with Crippen molar-refractivity contribution >= 4 is 11.9 Å². The van der Waals surface area contributed by atoms with Gasteiger partial charge in [-0.3, -0.25) is 9.59 Å². The molecule has 0 saturated heterocycles. The number of rotatable bonds is 4. The lowest BCUT2D eigenvalue weighted by molar-refractivity contribution is -0.150. The van der Waals surface area contributed by atoms with Gasteiger partial charge in [0, 0.05) is 6.54 Å². The van der Waals surface area contributed by atoms with Crippen LogP contribution in [0, 0.1) is 0 Å². The van der Waals surface area contributed by atoms with E-state index in [-0.39, 0.29) is 17.5 Å². The molecule has 0 atom stereocenters. The maximum atomic E-state index is 11.1. The van der Waals surface area contributed by atoms with Crippen LogP contribution in [0.5, 0.6) is 0 Å². The quantitative estimate of drug-likeness (QED) is 0.719. The third kappa shape index (κ3) is 3.32. The molecule has 104 valence electrons. The molecule has 5 nitrogen and oxygen atoms in total.